The van der Waals surface area contributed by atoms with E-state index in [1.54, 1.807) is 18.0 Å². The maximum absolute atomic E-state index is 5.39. The standard InChI is InChI=1S/C14H14N4OS/c1-10-6-7-19-13(10)8-15-11-2-4-12(5-3-11)20-14-16-9-17-18-14/h2-7,9,15H,8H2,1H3,(H,16,17,18). The largest absolute Gasteiger partial charge is 0.467 e. The molecule has 3 aromatic rings. The number of nitrogens with zero attached hydrogens (tertiary/aromatic N) is 2. The fraction of sp³-hybridized carbons (Fsp3) is 0.143. The van der Waals surface area contributed by atoms with Gasteiger partial charge in [0.2, 0.25) is 0 Å². The summed E-state index contributed by atoms with van der Waals surface area (Å²) in [6, 6.07) is 10.1. The molecule has 2 aromatic heterocycles. The Balaban J connectivity index is 1.60. The highest BCUT2D eigenvalue weighted by Gasteiger charge is 2.03. The first-order chi connectivity index (χ1) is 9.81. The first-order valence-electron chi connectivity index (χ1n) is 6.21. The molecule has 0 atom stereocenters. The zero-order valence-corrected chi connectivity index (χ0v) is 11.8. The Morgan fingerprint density at radius 2 is 2.10 bits per heavy atom. The molecule has 5 nitrogen and oxygen atoms in total. The van der Waals surface area contributed by atoms with Crippen LogP contribution in [-0.2, 0) is 6.54 Å². The highest BCUT2D eigenvalue weighted by atomic mass is 32.2. The van der Waals surface area contributed by atoms with E-state index in [0.717, 1.165) is 27.1 Å². The summed E-state index contributed by atoms with van der Waals surface area (Å²) in [6.45, 7) is 2.73. The molecule has 6 heteroatoms. The topological polar surface area (TPSA) is 66.7 Å². The van der Waals surface area contributed by atoms with E-state index in [2.05, 4.69) is 20.5 Å². The molecule has 0 fully saturated rings. The van der Waals surface area contributed by atoms with Crippen molar-refractivity contribution in [2.45, 2.75) is 23.5 Å². The van der Waals surface area contributed by atoms with Gasteiger partial charge < -0.3 is 9.73 Å². The van der Waals surface area contributed by atoms with E-state index < -0.39 is 0 Å². The van der Waals surface area contributed by atoms with Crippen LogP contribution < -0.4 is 5.32 Å². The number of benzene rings is 1. The molecule has 20 heavy (non-hydrogen) atoms. The molecule has 3 rings (SSSR count). The highest BCUT2D eigenvalue weighted by molar-refractivity contribution is 7.99. The van der Waals surface area contributed by atoms with Crippen molar-refractivity contribution >= 4 is 17.4 Å². The van der Waals surface area contributed by atoms with Gasteiger partial charge in [-0.3, -0.25) is 5.10 Å². The van der Waals surface area contributed by atoms with Gasteiger partial charge >= 0.3 is 0 Å². The maximum atomic E-state index is 5.39. The van der Waals surface area contributed by atoms with Crippen molar-refractivity contribution in [3.05, 3.63) is 54.2 Å². The van der Waals surface area contributed by atoms with Crippen LogP contribution in [0.2, 0.25) is 0 Å². The van der Waals surface area contributed by atoms with E-state index in [1.165, 1.54) is 6.33 Å². The molecule has 2 heterocycles. The SMILES string of the molecule is Cc1ccoc1CNc1ccc(Sc2ncn[nH]2)cc1. The Morgan fingerprint density at radius 3 is 2.75 bits per heavy atom. The number of hydrogen-bond acceptors (Lipinski definition) is 5. The average molecular weight is 286 g/mol. The summed E-state index contributed by atoms with van der Waals surface area (Å²) in [4.78, 5) is 5.19. The van der Waals surface area contributed by atoms with E-state index in [9.17, 15) is 0 Å². The molecule has 2 N–H and O–H groups in total. The Labute approximate surface area is 120 Å². The highest BCUT2D eigenvalue weighted by Crippen LogP contribution is 2.25. The molecule has 0 aliphatic carbocycles. The molecule has 0 aliphatic rings. The van der Waals surface area contributed by atoms with E-state index >= 15 is 0 Å². The van der Waals surface area contributed by atoms with Crippen LogP contribution in [0.5, 0.6) is 0 Å². The monoisotopic (exact) mass is 286 g/mol. The minimum atomic E-state index is 0.688. The fourth-order valence-electron chi connectivity index (χ4n) is 1.76. The molecule has 0 amide bonds. The third-order valence-electron chi connectivity index (χ3n) is 2.88. The van der Waals surface area contributed by atoms with Gasteiger partial charge in [0.05, 0.1) is 12.8 Å². The zero-order chi connectivity index (χ0) is 13.8. The van der Waals surface area contributed by atoms with Gasteiger partial charge in [0.1, 0.15) is 12.1 Å². The summed E-state index contributed by atoms with van der Waals surface area (Å²) in [7, 11) is 0. The lowest BCUT2D eigenvalue weighted by Gasteiger charge is -2.06. The van der Waals surface area contributed by atoms with Gasteiger partial charge in [0.15, 0.2) is 5.16 Å². The first-order valence-corrected chi connectivity index (χ1v) is 7.03. The maximum Gasteiger partial charge on any atom is 0.188 e. The summed E-state index contributed by atoms with van der Waals surface area (Å²) in [5, 5.41) is 10.8. The van der Waals surface area contributed by atoms with E-state index in [-0.39, 0.29) is 0 Å². The predicted molar refractivity (Wildman–Crippen MR) is 77.7 cm³/mol. The molecular formula is C14H14N4OS. The predicted octanol–water partition coefficient (Wildman–Crippen LogP) is 3.47. The zero-order valence-electron chi connectivity index (χ0n) is 11.0. The van der Waals surface area contributed by atoms with Crippen LogP contribution in [0.15, 0.2) is 57.4 Å². The molecule has 0 bridgehead atoms. The van der Waals surface area contributed by atoms with Gasteiger partial charge in [-0.05, 0) is 42.8 Å². The Kier molecular flexibility index (Phi) is 3.73. The van der Waals surface area contributed by atoms with Crippen molar-refractivity contribution in [1.82, 2.24) is 15.2 Å². The fourth-order valence-corrected chi connectivity index (χ4v) is 2.46. The van der Waals surface area contributed by atoms with Gasteiger partial charge in [-0.2, -0.15) is 5.10 Å². The average Bonchev–Trinajstić information content (AvgIpc) is 3.10. The van der Waals surface area contributed by atoms with Crippen molar-refractivity contribution in [2.24, 2.45) is 0 Å². The van der Waals surface area contributed by atoms with Crippen LogP contribution >= 0.6 is 11.8 Å². The number of furan rings is 1. The summed E-state index contributed by atoms with van der Waals surface area (Å²) in [6.07, 6.45) is 3.22. The lowest BCUT2D eigenvalue weighted by atomic mass is 10.2. The van der Waals surface area contributed by atoms with Crippen LogP contribution in [0, 0.1) is 6.92 Å². The summed E-state index contributed by atoms with van der Waals surface area (Å²) in [5.41, 5.74) is 2.22. The number of aromatic amines is 1. The van der Waals surface area contributed by atoms with Gasteiger partial charge in [0.25, 0.3) is 0 Å². The Bertz CT molecular complexity index is 661. The summed E-state index contributed by atoms with van der Waals surface area (Å²) >= 11 is 1.55. The normalized spacial score (nSPS) is 10.7. The number of nitrogens with one attached hydrogen (secondary N) is 2. The Hall–Kier alpha value is -2.21. The van der Waals surface area contributed by atoms with Crippen molar-refractivity contribution < 1.29 is 4.42 Å². The number of hydrogen-bond donors (Lipinski definition) is 2. The molecule has 0 radical (unpaired) electrons. The van der Waals surface area contributed by atoms with E-state index in [4.69, 9.17) is 4.42 Å². The lowest BCUT2D eigenvalue weighted by molar-refractivity contribution is 0.515. The summed E-state index contributed by atoms with van der Waals surface area (Å²) < 4.78 is 5.39. The van der Waals surface area contributed by atoms with Crippen molar-refractivity contribution in [3.8, 4) is 0 Å². The number of aryl methyl sites for hydroxylation is 1. The van der Waals surface area contributed by atoms with E-state index in [0.29, 0.717) is 6.54 Å². The van der Waals surface area contributed by atoms with Crippen LogP contribution in [0.4, 0.5) is 5.69 Å². The van der Waals surface area contributed by atoms with Crippen molar-refractivity contribution in [3.63, 3.8) is 0 Å². The second kappa shape index (κ2) is 5.83. The van der Waals surface area contributed by atoms with Crippen LogP contribution in [0.1, 0.15) is 11.3 Å². The van der Waals surface area contributed by atoms with Crippen LogP contribution in [-0.4, -0.2) is 15.2 Å². The molecule has 0 spiro atoms. The van der Waals surface area contributed by atoms with Crippen LogP contribution in [0.25, 0.3) is 0 Å². The first kappa shape index (κ1) is 12.8. The number of aromatic nitrogens is 3. The molecule has 1 aromatic carbocycles. The number of anilines is 1. The van der Waals surface area contributed by atoms with Crippen molar-refractivity contribution in [2.75, 3.05) is 5.32 Å². The smallest absolute Gasteiger partial charge is 0.188 e. The third kappa shape index (κ3) is 3.03. The Morgan fingerprint density at radius 1 is 1.25 bits per heavy atom. The number of H-pyrrole nitrogens is 1. The lowest BCUT2D eigenvalue weighted by Crippen LogP contribution is -1.99. The van der Waals surface area contributed by atoms with Gasteiger partial charge in [0, 0.05) is 10.6 Å². The third-order valence-corrected chi connectivity index (χ3v) is 3.78. The van der Waals surface area contributed by atoms with Gasteiger partial charge in [-0.15, -0.1) is 0 Å². The van der Waals surface area contributed by atoms with E-state index in [1.807, 2.05) is 37.3 Å². The quantitative estimate of drug-likeness (QED) is 0.751. The van der Waals surface area contributed by atoms with Gasteiger partial charge in [-0.25, -0.2) is 4.98 Å². The number of rotatable bonds is 5. The summed E-state index contributed by atoms with van der Waals surface area (Å²) in [5.74, 6) is 0.963. The molecule has 0 saturated carbocycles. The minimum absolute atomic E-state index is 0.688. The minimum Gasteiger partial charge on any atom is -0.467 e. The molecule has 0 saturated heterocycles. The molecular weight excluding hydrogens is 272 g/mol. The van der Waals surface area contributed by atoms with Crippen LogP contribution in [0.3, 0.4) is 0 Å². The van der Waals surface area contributed by atoms with Crippen molar-refractivity contribution in [1.29, 1.82) is 0 Å². The molecule has 102 valence electrons. The molecule has 0 aliphatic heterocycles. The molecule has 0 unspecified atom stereocenters. The second-order valence-electron chi connectivity index (χ2n) is 4.30. The second-order valence-corrected chi connectivity index (χ2v) is 5.36. The van der Waals surface area contributed by atoms with Gasteiger partial charge in [-0.1, -0.05) is 11.8 Å².